The van der Waals surface area contributed by atoms with E-state index in [9.17, 15) is 0 Å². The van der Waals surface area contributed by atoms with Crippen molar-refractivity contribution in [1.82, 2.24) is 4.57 Å². The van der Waals surface area contributed by atoms with Crippen LogP contribution in [0, 0.1) is 0 Å². The quantitative estimate of drug-likeness (QED) is 0.164. The largest absolute Gasteiger partial charge is 0.319 e. The number of rotatable bonds is 3. The normalized spacial score (nSPS) is 13.9. The van der Waals surface area contributed by atoms with Gasteiger partial charge in [-0.15, -0.1) is 16.8 Å². The molecule has 8 heteroatoms. The van der Waals surface area contributed by atoms with Gasteiger partial charge in [0.05, 0.1) is 11.2 Å². The summed E-state index contributed by atoms with van der Waals surface area (Å²) in [5.74, 6) is 0. The van der Waals surface area contributed by atoms with Crippen LogP contribution in [0.3, 0.4) is 0 Å². The molecule has 0 saturated carbocycles. The summed E-state index contributed by atoms with van der Waals surface area (Å²) in [7, 11) is 22.6. The zero-order valence-electron chi connectivity index (χ0n) is 43.8. The summed E-state index contributed by atoms with van der Waals surface area (Å²) in [6.45, 7) is 27.1. The van der Waals surface area contributed by atoms with E-state index in [2.05, 4.69) is 237 Å². The van der Waals surface area contributed by atoms with E-state index >= 15 is 0 Å². The molecular weight excluding hydrogens is 886 g/mol. The molecule has 0 fully saturated rings. The third kappa shape index (κ3) is 6.94. The lowest BCUT2D eigenvalue weighted by molar-refractivity contribution is 0.590. The van der Waals surface area contributed by atoms with Gasteiger partial charge in [0.1, 0.15) is 23.5 Å². The van der Waals surface area contributed by atoms with Crippen LogP contribution in [0.2, 0.25) is 0 Å². The van der Waals surface area contributed by atoms with Crippen molar-refractivity contribution >= 4 is 150 Å². The van der Waals surface area contributed by atoms with E-state index in [1.165, 1.54) is 64.0 Å². The van der Waals surface area contributed by atoms with Gasteiger partial charge in [0, 0.05) is 65.3 Å². The molecular formula is C64H59B4N3S. The maximum Gasteiger partial charge on any atom is 0.273 e. The summed E-state index contributed by atoms with van der Waals surface area (Å²) in [4.78, 5) is 4.81. The van der Waals surface area contributed by atoms with E-state index in [-0.39, 0.29) is 28.4 Å². The summed E-state index contributed by atoms with van der Waals surface area (Å²) >= 11 is 1.90. The number of anilines is 6. The maximum absolute atomic E-state index is 7.66. The van der Waals surface area contributed by atoms with Crippen molar-refractivity contribution in [3.05, 3.63) is 162 Å². The highest BCUT2D eigenvalue weighted by molar-refractivity contribution is 7.27. The van der Waals surface area contributed by atoms with Crippen molar-refractivity contribution in [2.45, 2.75) is 105 Å². The molecule has 0 N–H and O–H groups in total. The smallest absolute Gasteiger partial charge is 0.273 e. The monoisotopic (exact) mass is 945 g/mol. The highest BCUT2D eigenvalue weighted by Crippen LogP contribution is 2.51. The number of hydrogen-bond acceptors (Lipinski definition) is 3. The lowest BCUT2D eigenvalue weighted by Gasteiger charge is -2.46. The summed E-state index contributed by atoms with van der Waals surface area (Å²) in [5, 5.41) is 6.18. The minimum Gasteiger partial charge on any atom is -0.319 e. The van der Waals surface area contributed by atoms with Gasteiger partial charge in [-0.25, -0.2) is 0 Å². The molecule has 0 aliphatic carbocycles. The average Bonchev–Trinajstić information content (AvgIpc) is 3.90. The van der Waals surface area contributed by atoms with Crippen LogP contribution in [-0.2, 0) is 21.7 Å². The molecule has 3 nitrogen and oxygen atoms in total. The van der Waals surface area contributed by atoms with Gasteiger partial charge in [-0.2, -0.15) is 0 Å². The third-order valence-electron chi connectivity index (χ3n) is 15.7. The Balaban J connectivity index is 1.30. The Morgan fingerprint density at radius 3 is 1.49 bits per heavy atom. The van der Waals surface area contributed by atoms with E-state index in [0.29, 0.717) is 16.4 Å². The second-order valence-corrected chi connectivity index (χ2v) is 25.6. The van der Waals surface area contributed by atoms with Crippen molar-refractivity contribution in [2.75, 3.05) is 9.80 Å². The average molecular weight is 946 g/mol. The first-order valence-electron chi connectivity index (χ1n) is 25.5. The topological polar surface area (TPSA) is 11.4 Å². The van der Waals surface area contributed by atoms with Crippen LogP contribution in [0.25, 0.3) is 47.5 Å². The minimum atomic E-state index is -0.317. The lowest BCUT2D eigenvalue weighted by Crippen LogP contribution is -2.67. The zero-order chi connectivity index (χ0) is 50.7. The van der Waals surface area contributed by atoms with Crippen LogP contribution in [-0.4, -0.2) is 34.8 Å². The van der Waals surface area contributed by atoms with Crippen molar-refractivity contribution < 1.29 is 0 Å². The maximum atomic E-state index is 7.66. The summed E-state index contributed by atoms with van der Waals surface area (Å²) in [6, 6.07) is 52.6. The van der Waals surface area contributed by atoms with Crippen LogP contribution in [0.4, 0.5) is 34.1 Å². The number of nitrogens with zero attached hydrogens (tertiary/aromatic N) is 3. The lowest BCUT2D eigenvalue weighted by atomic mass is 9.33. The molecule has 8 aromatic carbocycles. The van der Waals surface area contributed by atoms with Gasteiger partial charge >= 0.3 is 0 Å². The Labute approximate surface area is 434 Å². The van der Waals surface area contributed by atoms with Crippen LogP contribution in [0.1, 0.15) is 105 Å². The van der Waals surface area contributed by atoms with Crippen molar-refractivity contribution in [3.8, 4) is 5.69 Å². The fraction of sp³-hybridized carbons (Fsp3) is 0.250. The molecule has 10 aromatic rings. The molecule has 0 saturated heterocycles. The predicted molar refractivity (Wildman–Crippen MR) is 319 cm³/mol. The Hall–Kier alpha value is -6.36. The van der Waals surface area contributed by atoms with Gasteiger partial charge in [-0.1, -0.05) is 185 Å². The first kappa shape index (κ1) is 46.7. The van der Waals surface area contributed by atoms with Gasteiger partial charge in [0.25, 0.3) is 6.71 Å². The molecule has 0 unspecified atom stereocenters. The minimum absolute atomic E-state index is 0.0260. The van der Waals surface area contributed by atoms with Crippen LogP contribution >= 0.6 is 11.3 Å². The van der Waals surface area contributed by atoms with E-state index in [0.717, 1.165) is 56.4 Å². The second kappa shape index (κ2) is 15.8. The summed E-state index contributed by atoms with van der Waals surface area (Å²) in [6.07, 6.45) is 0. The molecule has 2 aliphatic rings. The molecule has 0 amide bonds. The van der Waals surface area contributed by atoms with Crippen LogP contribution in [0.5, 0.6) is 0 Å². The molecule has 0 bridgehead atoms. The van der Waals surface area contributed by atoms with E-state index < -0.39 is 0 Å². The molecule has 0 atom stereocenters. The number of aromatic nitrogens is 1. The molecule has 348 valence electrons. The third-order valence-corrected chi connectivity index (χ3v) is 17.0. The van der Waals surface area contributed by atoms with Gasteiger partial charge in [0.2, 0.25) is 0 Å². The molecule has 72 heavy (non-hydrogen) atoms. The van der Waals surface area contributed by atoms with Gasteiger partial charge in [0.15, 0.2) is 0 Å². The van der Waals surface area contributed by atoms with E-state index in [4.69, 9.17) is 23.5 Å². The van der Waals surface area contributed by atoms with Gasteiger partial charge in [-0.05, 0) is 114 Å². The molecule has 2 aliphatic heterocycles. The number of benzene rings is 8. The fourth-order valence-corrected chi connectivity index (χ4v) is 13.0. The Morgan fingerprint density at radius 2 is 0.917 bits per heavy atom. The highest BCUT2D eigenvalue weighted by Gasteiger charge is 2.49. The van der Waals surface area contributed by atoms with Crippen molar-refractivity contribution in [3.63, 3.8) is 0 Å². The van der Waals surface area contributed by atoms with Crippen molar-refractivity contribution in [1.29, 1.82) is 0 Å². The number of thiophene rings is 1. The van der Waals surface area contributed by atoms with Gasteiger partial charge in [-0.3, -0.25) is 0 Å². The Bertz CT molecular complexity index is 3870. The second-order valence-electron chi connectivity index (χ2n) is 24.5. The van der Waals surface area contributed by atoms with E-state index in [1.54, 1.807) is 0 Å². The number of hydrogen-bond donors (Lipinski definition) is 0. The van der Waals surface area contributed by atoms with Crippen molar-refractivity contribution in [2.24, 2.45) is 0 Å². The standard InChI is InChI=1S/C64H59B4N3S/c1-61(2,3)37-18-25-41(26-19-37)69-48-33-24-40(64(10,11)12)35-47(48)68-54-56(69)52(66)51(65)53(67)57(54)71(43-29-22-39(23-30-43)63(7,8)9)55-50-49(70(60(55)68)42-27-20-38(21-28-42)62(4,5)6)34-32-46-45-31-17-36-15-13-14-16-44(36)58(45)72-59(46)50/h13-35H,1-12H3. The Morgan fingerprint density at radius 1 is 0.431 bits per heavy atom. The summed E-state index contributed by atoms with van der Waals surface area (Å²) in [5.41, 5.74) is 17.7. The van der Waals surface area contributed by atoms with Gasteiger partial charge < -0.3 is 14.4 Å². The SMILES string of the molecule is [B]c1c([B])c2c3c(c1[B])N(c1ccc(C(C)(C)C)cc1)c1c(n(-c4ccc(C(C)(C)C)cc4)c4ccc5c6ccc7ccccc7c6sc5c14)B3c1cc(C(C)(C)C)ccc1N2c1ccc(C(C)(C)C)cc1. The molecule has 12 rings (SSSR count). The Kier molecular flexibility index (Phi) is 10.3. The molecule has 6 radical (unpaired) electrons. The highest BCUT2D eigenvalue weighted by atomic mass is 32.1. The van der Waals surface area contributed by atoms with Crippen LogP contribution < -0.4 is 42.7 Å². The first-order chi connectivity index (χ1) is 34.0. The molecule has 4 heterocycles. The fourth-order valence-electron chi connectivity index (χ4n) is 11.7. The summed E-state index contributed by atoms with van der Waals surface area (Å²) < 4.78 is 5.09. The van der Waals surface area contributed by atoms with E-state index in [1.807, 2.05) is 11.3 Å². The molecule has 0 spiro atoms. The molecule has 2 aromatic heterocycles. The van der Waals surface area contributed by atoms with Crippen LogP contribution in [0.15, 0.2) is 140 Å². The predicted octanol–water partition coefficient (Wildman–Crippen LogP) is 12.8. The number of fused-ring (bicyclic) bond motifs is 12. The zero-order valence-corrected chi connectivity index (χ0v) is 44.7. The first-order valence-corrected chi connectivity index (χ1v) is 26.3.